The zero-order valence-corrected chi connectivity index (χ0v) is 11.4. The SMILES string of the molecule is NC(CSc1cccc(F)c1)(C(=O)O)c1ccccc1. The maximum atomic E-state index is 13.1. The topological polar surface area (TPSA) is 63.3 Å². The van der Waals surface area contributed by atoms with E-state index >= 15 is 0 Å². The third-order valence-corrected chi connectivity index (χ3v) is 4.12. The molecule has 1 atom stereocenters. The van der Waals surface area contributed by atoms with Gasteiger partial charge in [-0.05, 0) is 23.8 Å². The summed E-state index contributed by atoms with van der Waals surface area (Å²) in [5, 5.41) is 9.41. The molecule has 2 rings (SSSR count). The molecule has 0 fully saturated rings. The van der Waals surface area contributed by atoms with Gasteiger partial charge in [-0.15, -0.1) is 11.8 Å². The van der Waals surface area contributed by atoms with E-state index in [9.17, 15) is 14.3 Å². The van der Waals surface area contributed by atoms with Gasteiger partial charge in [0.05, 0.1) is 0 Å². The molecule has 1 unspecified atom stereocenters. The van der Waals surface area contributed by atoms with Crippen molar-refractivity contribution in [2.75, 3.05) is 5.75 Å². The second kappa shape index (κ2) is 6.07. The summed E-state index contributed by atoms with van der Waals surface area (Å²) in [6.45, 7) is 0. The lowest BCUT2D eigenvalue weighted by molar-refractivity contribution is -0.142. The van der Waals surface area contributed by atoms with E-state index in [1.165, 1.54) is 23.9 Å². The van der Waals surface area contributed by atoms with Gasteiger partial charge >= 0.3 is 5.97 Å². The third-order valence-electron chi connectivity index (χ3n) is 2.93. The van der Waals surface area contributed by atoms with Crippen molar-refractivity contribution in [3.05, 3.63) is 66.0 Å². The van der Waals surface area contributed by atoms with E-state index in [1.807, 2.05) is 0 Å². The van der Waals surface area contributed by atoms with Gasteiger partial charge in [-0.2, -0.15) is 0 Å². The Morgan fingerprint density at radius 3 is 2.50 bits per heavy atom. The Morgan fingerprint density at radius 1 is 1.20 bits per heavy atom. The number of carboxylic acid groups (broad SMARTS) is 1. The third kappa shape index (κ3) is 3.18. The molecule has 0 aromatic heterocycles. The summed E-state index contributed by atoms with van der Waals surface area (Å²) in [7, 11) is 0. The van der Waals surface area contributed by atoms with E-state index in [0.29, 0.717) is 10.5 Å². The van der Waals surface area contributed by atoms with E-state index in [0.717, 1.165) is 0 Å². The number of benzene rings is 2. The Kier molecular flexibility index (Phi) is 4.42. The van der Waals surface area contributed by atoms with Crippen LogP contribution in [0.5, 0.6) is 0 Å². The molecule has 0 amide bonds. The molecule has 20 heavy (non-hydrogen) atoms. The highest BCUT2D eigenvalue weighted by Crippen LogP contribution is 2.28. The smallest absolute Gasteiger partial charge is 0.329 e. The van der Waals surface area contributed by atoms with Gasteiger partial charge in [-0.25, -0.2) is 9.18 Å². The fraction of sp³-hybridized carbons (Fsp3) is 0.133. The van der Waals surface area contributed by atoms with Gasteiger partial charge < -0.3 is 10.8 Å². The van der Waals surface area contributed by atoms with Crippen LogP contribution in [0.1, 0.15) is 5.56 Å². The minimum absolute atomic E-state index is 0.121. The summed E-state index contributed by atoms with van der Waals surface area (Å²) in [6, 6.07) is 14.7. The molecule has 0 radical (unpaired) electrons. The molecule has 0 aliphatic heterocycles. The van der Waals surface area contributed by atoms with E-state index in [2.05, 4.69) is 0 Å². The first kappa shape index (κ1) is 14.6. The van der Waals surface area contributed by atoms with E-state index < -0.39 is 11.5 Å². The first-order chi connectivity index (χ1) is 9.52. The molecule has 104 valence electrons. The molecule has 0 heterocycles. The Labute approximate surface area is 120 Å². The van der Waals surface area contributed by atoms with Crippen molar-refractivity contribution in [2.45, 2.75) is 10.4 Å². The number of nitrogens with two attached hydrogens (primary N) is 1. The van der Waals surface area contributed by atoms with E-state index in [-0.39, 0.29) is 11.6 Å². The summed E-state index contributed by atoms with van der Waals surface area (Å²) in [5.74, 6) is -1.34. The van der Waals surface area contributed by atoms with Crippen molar-refractivity contribution in [1.29, 1.82) is 0 Å². The van der Waals surface area contributed by atoms with E-state index in [1.54, 1.807) is 42.5 Å². The molecular weight excluding hydrogens is 277 g/mol. The Bertz CT molecular complexity index is 606. The van der Waals surface area contributed by atoms with Crippen LogP contribution < -0.4 is 5.73 Å². The predicted molar refractivity (Wildman–Crippen MR) is 77.1 cm³/mol. The maximum Gasteiger partial charge on any atom is 0.329 e. The van der Waals surface area contributed by atoms with Crippen LogP contribution in [0.15, 0.2) is 59.5 Å². The number of rotatable bonds is 5. The lowest BCUT2D eigenvalue weighted by atomic mass is 9.93. The van der Waals surface area contributed by atoms with Gasteiger partial charge in [0.25, 0.3) is 0 Å². The minimum Gasteiger partial charge on any atom is -0.480 e. The molecule has 0 spiro atoms. The molecule has 0 aliphatic rings. The quantitative estimate of drug-likeness (QED) is 0.831. The molecule has 2 aromatic carbocycles. The van der Waals surface area contributed by atoms with Crippen LogP contribution in [0, 0.1) is 5.82 Å². The molecule has 0 saturated carbocycles. The molecule has 3 nitrogen and oxygen atoms in total. The summed E-state index contributed by atoms with van der Waals surface area (Å²) in [5.41, 5.74) is 5.06. The average molecular weight is 291 g/mol. The largest absolute Gasteiger partial charge is 0.480 e. The average Bonchev–Trinajstić information content (AvgIpc) is 2.45. The van der Waals surface area contributed by atoms with Crippen LogP contribution in [-0.4, -0.2) is 16.8 Å². The predicted octanol–water partition coefficient (Wildman–Crippen LogP) is 2.86. The fourth-order valence-corrected chi connectivity index (χ4v) is 2.81. The maximum absolute atomic E-state index is 13.1. The lowest BCUT2D eigenvalue weighted by Gasteiger charge is -2.24. The standard InChI is InChI=1S/C15H14FNO2S/c16-12-7-4-8-13(9-12)20-10-15(17,14(18)19)11-5-2-1-3-6-11/h1-9H,10,17H2,(H,18,19). The first-order valence-electron chi connectivity index (χ1n) is 5.98. The van der Waals surface area contributed by atoms with Gasteiger partial charge in [0, 0.05) is 10.6 Å². The number of carboxylic acids is 1. The van der Waals surface area contributed by atoms with Crippen molar-refractivity contribution < 1.29 is 14.3 Å². The Hall–Kier alpha value is -1.85. The summed E-state index contributed by atoms with van der Waals surface area (Å²) < 4.78 is 13.1. The number of hydrogen-bond acceptors (Lipinski definition) is 3. The second-order valence-corrected chi connectivity index (χ2v) is 5.44. The summed E-state index contributed by atoms with van der Waals surface area (Å²) in [4.78, 5) is 12.1. The highest BCUT2D eigenvalue weighted by atomic mass is 32.2. The van der Waals surface area contributed by atoms with Crippen molar-refractivity contribution in [3.63, 3.8) is 0 Å². The number of hydrogen-bond donors (Lipinski definition) is 2. The summed E-state index contributed by atoms with van der Waals surface area (Å²) >= 11 is 1.22. The molecular formula is C15H14FNO2S. The van der Waals surface area contributed by atoms with Crippen LogP contribution in [0.4, 0.5) is 4.39 Å². The number of carbonyl (C=O) groups is 1. The summed E-state index contributed by atoms with van der Waals surface area (Å²) in [6.07, 6.45) is 0. The highest BCUT2D eigenvalue weighted by Gasteiger charge is 2.36. The van der Waals surface area contributed by atoms with Crippen LogP contribution >= 0.6 is 11.8 Å². The monoisotopic (exact) mass is 291 g/mol. The lowest BCUT2D eigenvalue weighted by Crippen LogP contribution is -2.47. The Balaban J connectivity index is 2.20. The molecule has 5 heteroatoms. The normalized spacial score (nSPS) is 13.7. The molecule has 0 aliphatic carbocycles. The van der Waals surface area contributed by atoms with Crippen molar-refractivity contribution in [1.82, 2.24) is 0 Å². The van der Waals surface area contributed by atoms with Crippen LogP contribution in [0.3, 0.4) is 0 Å². The molecule has 0 saturated heterocycles. The van der Waals surface area contributed by atoms with Crippen LogP contribution in [-0.2, 0) is 10.3 Å². The van der Waals surface area contributed by atoms with Crippen molar-refractivity contribution in [3.8, 4) is 0 Å². The van der Waals surface area contributed by atoms with Crippen LogP contribution in [0.2, 0.25) is 0 Å². The zero-order chi connectivity index (χ0) is 14.6. The minimum atomic E-state index is -1.50. The number of halogens is 1. The fourth-order valence-electron chi connectivity index (χ4n) is 1.76. The van der Waals surface area contributed by atoms with Gasteiger partial charge in [-0.3, -0.25) is 0 Å². The number of aliphatic carboxylic acids is 1. The van der Waals surface area contributed by atoms with Crippen molar-refractivity contribution >= 4 is 17.7 Å². The highest BCUT2D eigenvalue weighted by molar-refractivity contribution is 7.99. The Morgan fingerprint density at radius 2 is 1.90 bits per heavy atom. The van der Waals surface area contributed by atoms with Gasteiger partial charge in [0.1, 0.15) is 11.4 Å². The zero-order valence-electron chi connectivity index (χ0n) is 10.6. The van der Waals surface area contributed by atoms with Gasteiger partial charge in [-0.1, -0.05) is 36.4 Å². The van der Waals surface area contributed by atoms with Gasteiger partial charge in [0.15, 0.2) is 0 Å². The van der Waals surface area contributed by atoms with Crippen LogP contribution in [0.25, 0.3) is 0 Å². The van der Waals surface area contributed by atoms with E-state index in [4.69, 9.17) is 5.73 Å². The first-order valence-corrected chi connectivity index (χ1v) is 6.97. The molecule has 0 bridgehead atoms. The molecule has 2 aromatic rings. The van der Waals surface area contributed by atoms with Crippen molar-refractivity contribution in [2.24, 2.45) is 5.73 Å². The second-order valence-electron chi connectivity index (χ2n) is 4.39. The number of thioether (sulfide) groups is 1. The molecule has 3 N–H and O–H groups in total. The van der Waals surface area contributed by atoms with Gasteiger partial charge in [0.2, 0.25) is 0 Å².